The summed E-state index contributed by atoms with van der Waals surface area (Å²) in [6.07, 6.45) is -4.58. The molecule has 1 rings (SSSR count). The number of ether oxygens (including phenoxy) is 2. The first-order valence-corrected chi connectivity index (χ1v) is 6.46. The molecule has 20 heavy (non-hydrogen) atoms. The van der Waals surface area contributed by atoms with E-state index in [4.69, 9.17) is 9.47 Å². The lowest BCUT2D eigenvalue weighted by molar-refractivity contribution is -0.137. The number of hydrogen-bond donors (Lipinski definition) is 1. The lowest BCUT2D eigenvalue weighted by Crippen LogP contribution is -2.12. The molecule has 0 saturated heterocycles. The molecule has 1 aromatic carbocycles. The Kier molecular flexibility index (Phi) is 6.98. The monoisotopic (exact) mass is 292 g/mol. The highest BCUT2D eigenvalue weighted by atomic mass is 19.4. The first-order chi connectivity index (χ1) is 9.45. The molecule has 6 heteroatoms. The molecule has 0 aliphatic carbocycles. The van der Waals surface area contributed by atoms with E-state index in [0.29, 0.717) is 19.8 Å². The Morgan fingerprint density at radius 3 is 2.50 bits per heavy atom. The molecule has 114 valence electrons. The van der Waals surface area contributed by atoms with Crippen molar-refractivity contribution in [1.82, 2.24) is 0 Å². The molecule has 0 radical (unpaired) electrons. The fourth-order valence-corrected chi connectivity index (χ4v) is 1.58. The topological polar surface area (TPSA) is 38.7 Å². The summed E-state index contributed by atoms with van der Waals surface area (Å²) >= 11 is 0. The maximum atomic E-state index is 12.5. The second-order valence-corrected chi connectivity index (χ2v) is 4.33. The van der Waals surface area contributed by atoms with E-state index in [1.807, 2.05) is 6.92 Å². The Morgan fingerprint density at radius 2 is 1.85 bits per heavy atom. The van der Waals surface area contributed by atoms with Gasteiger partial charge < -0.3 is 14.6 Å². The molecule has 1 atom stereocenters. The Hall–Kier alpha value is -1.11. The molecule has 0 aliphatic heterocycles. The summed E-state index contributed by atoms with van der Waals surface area (Å²) in [5, 5.41) is 9.78. The number of aliphatic hydroxyl groups is 1. The summed E-state index contributed by atoms with van der Waals surface area (Å²) in [7, 11) is 0. The number of benzene rings is 1. The van der Waals surface area contributed by atoms with Gasteiger partial charge in [0.1, 0.15) is 6.10 Å². The van der Waals surface area contributed by atoms with Crippen molar-refractivity contribution < 1.29 is 27.8 Å². The lowest BCUT2D eigenvalue weighted by atomic mass is 10.1. The van der Waals surface area contributed by atoms with Crippen LogP contribution in [0.3, 0.4) is 0 Å². The zero-order chi connectivity index (χ0) is 15.0. The fraction of sp³-hybridized carbons (Fsp3) is 0.571. The summed E-state index contributed by atoms with van der Waals surface area (Å²) in [4.78, 5) is 0. The fourth-order valence-electron chi connectivity index (χ4n) is 1.58. The molecular weight excluding hydrogens is 273 g/mol. The van der Waals surface area contributed by atoms with E-state index in [1.54, 1.807) is 0 Å². The largest absolute Gasteiger partial charge is 0.416 e. The standard InChI is InChI=1S/C14H19F3O3/c1-2-6-19-7-8-20-10-13(18)11-4-3-5-12(9-11)14(15,16)17/h3-5,9,13,18H,2,6-8,10H2,1H3. The molecule has 0 aliphatic rings. The van der Waals surface area contributed by atoms with E-state index in [-0.39, 0.29) is 12.2 Å². The van der Waals surface area contributed by atoms with Gasteiger partial charge in [0, 0.05) is 6.61 Å². The van der Waals surface area contributed by atoms with Crippen LogP contribution < -0.4 is 0 Å². The third-order valence-electron chi connectivity index (χ3n) is 2.59. The van der Waals surface area contributed by atoms with Gasteiger partial charge in [0.15, 0.2) is 0 Å². The number of alkyl halides is 3. The first kappa shape index (κ1) is 16.9. The predicted molar refractivity (Wildman–Crippen MR) is 68.3 cm³/mol. The third kappa shape index (κ3) is 5.90. The first-order valence-electron chi connectivity index (χ1n) is 6.46. The van der Waals surface area contributed by atoms with E-state index in [0.717, 1.165) is 18.6 Å². The van der Waals surface area contributed by atoms with Gasteiger partial charge in [-0.25, -0.2) is 0 Å². The zero-order valence-electron chi connectivity index (χ0n) is 11.3. The highest BCUT2D eigenvalue weighted by molar-refractivity contribution is 5.27. The summed E-state index contributed by atoms with van der Waals surface area (Å²) < 4.78 is 47.9. The van der Waals surface area contributed by atoms with Crippen molar-refractivity contribution in [2.24, 2.45) is 0 Å². The maximum absolute atomic E-state index is 12.5. The molecule has 0 aromatic heterocycles. The maximum Gasteiger partial charge on any atom is 0.416 e. The Balaban J connectivity index is 2.41. The van der Waals surface area contributed by atoms with Crippen LogP contribution in [-0.4, -0.2) is 31.5 Å². The van der Waals surface area contributed by atoms with Gasteiger partial charge in [-0.3, -0.25) is 0 Å². The van der Waals surface area contributed by atoms with Crippen LogP contribution in [0.1, 0.15) is 30.6 Å². The molecule has 1 unspecified atom stereocenters. The van der Waals surface area contributed by atoms with E-state index in [9.17, 15) is 18.3 Å². The van der Waals surface area contributed by atoms with Gasteiger partial charge in [0.2, 0.25) is 0 Å². The summed E-state index contributed by atoms with van der Waals surface area (Å²) in [6, 6.07) is 4.61. The molecule has 1 aromatic rings. The Bertz CT molecular complexity index is 393. The van der Waals surface area contributed by atoms with Crippen molar-refractivity contribution in [2.75, 3.05) is 26.4 Å². The Labute approximate surface area is 116 Å². The molecule has 0 heterocycles. The lowest BCUT2D eigenvalue weighted by Gasteiger charge is -2.14. The molecular formula is C14H19F3O3. The molecule has 0 saturated carbocycles. The van der Waals surface area contributed by atoms with E-state index in [1.165, 1.54) is 12.1 Å². The molecule has 3 nitrogen and oxygen atoms in total. The van der Waals surface area contributed by atoms with Gasteiger partial charge in [-0.2, -0.15) is 13.2 Å². The van der Waals surface area contributed by atoms with Crippen molar-refractivity contribution >= 4 is 0 Å². The van der Waals surface area contributed by atoms with Crippen LogP contribution in [0.15, 0.2) is 24.3 Å². The summed E-state index contributed by atoms with van der Waals surface area (Å²) in [5.41, 5.74) is -0.588. The molecule has 0 bridgehead atoms. The van der Waals surface area contributed by atoms with Gasteiger partial charge >= 0.3 is 6.18 Å². The average Bonchev–Trinajstić information content (AvgIpc) is 2.41. The zero-order valence-corrected chi connectivity index (χ0v) is 11.3. The minimum atomic E-state index is -4.41. The van der Waals surface area contributed by atoms with Crippen LogP contribution in [0.25, 0.3) is 0 Å². The highest BCUT2D eigenvalue weighted by Crippen LogP contribution is 2.30. The van der Waals surface area contributed by atoms with Crippen molar-refractivity contribution in [3.63, 3.8) is 0 Å². The number of halogens is 3. The Morgan fingerprint density at radius 1 is 1.15 bits per heavy atom. The van der Waals surface area contributed by atoms with Crippen LogP contribution in [0, 0.1) is 0 Å². The molecule has 0 amide bonds. The van der Waals surface area contributed by atoms with Gasteiger partial charge in [-0.15, -0.1) is 0 Å². The van der Waals surface area contributed by atoms with Gasteiger partial charge in [0.25, 0.3) is 0 Å². The average molecular weight is 292 g/mol. The van der Waals surface area contributed by atoms with Crippen LogP contribution >= 0.6 is 0 Å². The second kappa shape index (κ2) is 8.24. The minimum Gasteiger partial charge on any atom is -0.386 e. The van der Waals surface area contributed by atoms with Crippen molar-refractivity contribution in [3.05, 3.63) is 35.4 Å². The number of hydrogen-bond acceptors (Lipinski definition) is 3. The van der Waals surface area contributed by atoms with Crippen LogP contribution in [0.2, 0.25) is 0 Å². The van der Waals surface area contributed by atoms with Crippen molar-refractivity contribution in [1.29, 1.82) is 0 Å². The van der Waals surface area contributed by atoms with E-state index >= 15 is 0 Å². The van der Waals surface area contributed by atoms with Crippen LogP contribution in [0.4, 0.5) is 13.2 Å². The third-order valence-corrected chi connectivity index (χ3v) is 2.59. The predicted octanol–water partition coefficient (Wildman–Crippen LogP) is 3.18. The molecule has 0 spiro atoms. The summed E-state index contributed by atoms with van der Waals surface area (Å²) in [6.45, 7) is 3.27. The van der Waals surface area contributed by atoms with Gasteiger partial charge in [0.05, 0.1) is 25.4 Å². The van der Waals surface area contributed by atoms with Crippen LogP contribution in [0.5, 0.6) is 0 Å². The number of aliphatic hydroxyl groups excluding tert-OH is 1. The second-order valence-electron chi connectivity index (χ2n) is 4.33. The van der Waals surface area contributed by atoms with E-state index < -0.39 is 17.8 Å². The van der Waals surface area contributed by atoms with Crippen molar-refractivity contribution in [3.8, 4) is 0 Å². The normalized spacial score (nSPS) is 13.4. The van der Waals surface area contributed by atoms with Gasteiger partial charge in [-0.05, 0) is 24.1 Å². The minimum absolute atomic E-state index is 0.0587. The quantitative estimate of drug-likeness (QED) is 0.748. The van der Waals surface area contributed by atoms with E-state index in [2.05, 4.69) is 0 Å². The SMILES string of the molecule is CCCOCCOCC(O)c1cccc(C(F)(F)F)c1. The van der Waals surface area contributed by atoms with Crippen LogP contribution in [-0.2, 0) is 15.7 Å². The smallest absolute Gasteiger partial charge is 0.386 e. The molecule has 0 fully saturated rings. The summed E-state index contributed by atoms with van der Waals surface area (Å²) in [5.74, 6) is 0. The number of rotatable bonds is 8. The highest BCUT2D eigenvalue weighted by Gasteiger charge is 2.30. The van der Waals surface area contributed by atoms with Gasteiger partial charge in [-0.1, -0.05) is 19.1 Å². The molecule has 1 N–H and O–H groups in total. The van der Waals surface area contributed by atoms with Crippen molar-refractivity contribution in [2.45, 2.75) is 25.6 Å².